The summed E-state index contributed by atoms with van der Waals surface area (Å²) in [7, 11) is -3.24. The topological polar surface area (TPSA) is 71.4 Å². The van der Waals surface area contributed by atoms with Crippen LogP contribution in [-0.4, -0.2) is 25.2 Å². The monoisotopic (exact) mass is 246 g/mol. The van der Waals surface area contributed by atoms with Crippen molar-refractivity contribution < 1.29 is 22.7 Å². The van der Waals surface area contributed by atoms with E-state index in [9.17, 15) is 17.6 Å². The predicted molar refractivity (Wildman–Crippen MR) is 56.5 cm³/mol. The predicted octanol–water partition coefficient (Wildman–Crippen LogP) is 1.46. The molecule has 0 atom stereocenters. The van der Waals surface area contributed by atoms with Crippen LogP contribution in [0.4, 0.5) is 4.39 Å². The van der Waals surface area contributed by atoms with E-state index < -0.39 is 27.2 Å². The molecule has 0 saturated heterocycles. The van der Waals surface area contributed by atoms with Gasteiger partial charge in [0.05, 0.1) is 11.3 Å². The van der Waals surface area contributed by atoms with E-state index in [1.165, 1.54) is 13.0 Å². The lowest BCUT2D eigenvalue weighted by atomic mass is 10.1. The highest BCUT2D eigenvalue weighted by molar-refractivity contribution is 7.90. The second-order valence-corrected chi connectivity index (χ2v) is 5.65. The van der Waals surface area contributed by atoms with Crippen molar-refractivity contribution in [2.45, 2.75) is 12.7 Å². The first-order valence-corrected chi connectivity index (χ1v) is 6.40. The molecule has 0 saturated carbocycles. The van der Waals surface area contributed by atoms with Crippen LogP contribution < -0.4 is 0 Å². The molecule has 16 heavy (non-hydrogen) atoms. The Bertz CT molecular complexity index is 508. The van der Waals surface area contributed by atoms with Crippen molar-refractivity contribution in [3.63, 3.8) is 0 Å². The van der Waals surface area contributed by atoms with Gasteiger partial charge in [-0.1, -0.05) is 13.0 Å². The molecule has 1 rings (SSSR count). The molecule has 0 fully saturated rings. The molecule has 1 aromatic rings. The molecule has 1 aromatic carbocycles. The molecule has 0 aliphatic heterocycles. The first kappa shape index (κ1) is 12.6. The molecular formula is C10H11FO4S. The van der Waals surface area contributed by atoms with Crippen molar-refractivity contribution in [2.24, 2.45) is 0 Å². The smallest absolute Gasteiger partial charge is 0.338 e. The lowest BCUT2D eigenvalue weighted by Gasteiger charge is -2.03. The summed E-state index contributed by atoms with van der Waals surface area (Å²) in [5, 5.41) is 8.66. The van der Waals surface area contributed by atoms with Crippen LogP contribution in [-0.2, 0) is 15.6 Å². The third-order valence-electron chi connectivity index (χ3n) is 2.09. The Morgan fingerprint density at radius 1 is 1.44 bits per heavy atom. The number of hydrogen-bond donors (Lipinski definition) is 1. The minimum absolute atomic E-state index is 0.0349. The zero-order valence-electron chi connectivity index (χ0n) is 8.60. The summed E-state index contributed by atoms with van der Waals surface area (Å²) in [5.74, 6) is -2.59. The molecule has 4 nitrogen and oxygen atoms in total. The molecule has 0 amide bonds. The van der Waals surface area contributed by atoms with Crippen LogP contribution in [0.15, 0.2) is 18.2 Å². The Kier molecular flexibility index (Phi) is 3.64. The number of benzene rings is 1. The number of aromatic carboxylic acids is 1. The van der Waals surface area contributed by atoms with Crippen molar-refractivity contribution in [2.75, 3.05) is 5.75 Å². The van der Waals surface area contributed by atoms with E-state index in [0.29, 0.717) is 0 Å². The van der Waals surface area contributed by atoms with Crippen LogP contribution in [0.25, 0.3) is 0 Å². The quantitative estimate of drug-likeness (QED) is 0.873. The summed E-state index contributed by atoms with van der Waals surface area (Å²) >= 11 is 0. The van der Waals surface area contributed by atoms with Crippen molar-refractivity contribution in [1.29, 1.82) is 0 Å². The SMILES string of the molecule is CCS(=O)(=O)Cc1ccc(F)c(C(=O)O)c1. The van der Waals surface area contributed by atoms with Crippen LogP contribution in [0.5, 0.6) is 0 Å². The van der Waals surface area contributed by atoms with E-state index in [4.69, 9.17) is 5.11 Å². The molecule has 1 N–H and O–H groups in total. The molecule has 0 radical (unpaired) electrons. The van der Waals surface area contributed by atoms with Crippen LogP contribution in [0, 0.1) is 5.82 Å². The van der Waals surface area contributed by atoms with Gasteiger partial charge in [0.15, 0.2) is 9.84 Å². The molecule has 0 aromatic heterocycles. The molecular weight excluding hydrogens is 235 g/mol. The highest BCUT2D eigenvalue weighted by atomic mass is 32.2. The number of carboxylic acid groups (broad SMARTS) is 1. The average molecular weight is 246 g/mol. The lowest BCUT2D eigenvalue weighted by Crippen LogP contribution is -2.08. The second-order valence-electron chi connectivity index (χ2n) is 3.30. The standard InChI is InChI=1S/C10H11FO4S/c1-2-16(14,15)6-7-3-4-9(11)8(5-7)10(12)13/h3-5H,2,6H2,1H3,(H,12,13). The van der Waals surface area contributed by atoms with Crippen molar-refractivity contribution >= 4 is 15.8 Å². The zero-order chi connectivity index (χ0) is 12.3. The van der Waals surface area contributed by atoms with Gasteiger partial charge in [0.25, 0.3) is 0 Å². The average Bonchev–Trinajstić information content (AvgIpc) is 2.20. The molecule has 0 aliphatic carbocycles. The van der Waals surface area contributed by atoms with Gasteiger partial charge >= 0.3 is 5.97 Å². The summed E-state index contributed by atoms with van der Waals surface area (Å²) in [6.07, 6.45) is 0. The maximum absolute atomic E-state index is 13.0. The van der Waals surface area contributed by atoms with Gasteiger partial charge in [-0.2, -0.15) is 0 Å². The number of rotatable bonds is 4. The number of carboxylic acids is 1. The van der Waals surface area contributed by atoms with Gasteiger partial charge in [0, 0.05) is 5.75 Å². The molecule has 88 valence electrons. The first-order chi connectivity index (χ1) is 7.35. The Hall–Kier alpha value is -1.43. The molecule has 0 spiro atoms. The maximum atomic E-state index is 13.0. The van der Waals surface area contributed by atoms with Gasteiger partial charge in [0.2, 0.25) is 0 Å². The van der Waals surface area contributed by atoms with E-state index in [2.05, 4.69) is 0 Å². The van der Waals surface area contributed by atoms with Gasteiger partial charge < -0.3 is 5.11 Å². The highest BCUT2D eigenvalue weighted by Crippen LogP contribution is 2.13. The minimum atomic E-state index is -3.24. The largest absolute Gasteiger partial charge is 0.478 e. The first-order valence-electron chi connectivity index (χ1n) is 4.58. The summed E-state index contributed by atoms with van der Waals surface area (Å²) in [5.41, 5.74) is -0.232. The van der Waals surface area contributed by atoms with Crippen molar-refractivity contribution in [1.82, 2.24) is 0 Å². The van der Waals surface area contributed by atoms with Gasteiger partial charge in [0.1, 0.15) is 5.82 Å². The van der Waals surface area contributed by atoms with Gasteiger partial charge in [-0.25, -0.2) is 17.6 Å². The van der Waals surface area contributed by atoms with Crippen LogP contribution >= 0.6 is 0 Å². The third kappa shape index (κ3) is 3.03. The van der Waals surface area contributed by atoms with Crippen molar-refractivity contribution in [3.8, 4) is 0 Å². The summed E-state index contributed by atoms with van der Waals surface area (Å²) in [6.45, 7) is 1.50. The molecule has 6 heteroatoms. The van der Waals surface area contributed by atoms with Crippen molar-refractivity contribution in [3.05, 3.63) is 35.1 Å². The highest BCUT2D eigenvalue weighted by Gasteiger charge is 2.14. The zero-order valence-corrected chi connectivity index (χ0v) is 9.42. The summed E-state index contributed by atoms with van der Waals surface area (Å²) < 4.78 is 35.6. The molecule has 0 unspecified atom stereocenters. The van der Waals surface area contributed by atoms with Gasteiger partial charge in [-0.05, 0) is 17.7 Å². The fraction of sp³-hybridized carbons (Fsp3) is 0.300. The third-order valence-corrected chi connectivity index (χ3v) is 3.74. The lowest BCUT2D eigenvalue weighted by molar-refractivity contribution is 0.0691. The Balaban J connectivity index is 3.09. The van der Waals surface area contributed by atoms with Crippen LogP contribution in [0.1, 0.15) is 22.8 Å². The van der Waals surface area contributed by atoms with Crippen LogP contribution in [0.2, 0.25) is 0 Å². The number of sulfone groups is 1. The Morgan fingerprint density at radius 2 is 2.06 bits per heavy atom. The van der Waals surface area contributed by atoms with E-state index >= 15 is 0 Å². The van der Waals surface area contributed by atoms with E-state index in [0.717, 1.165) is 12.1 Å². The Morgan fingerprint density at radius 3 is 2.56 bits per heavy atom. The minimum Gasteiger partial charge on any atom is -0.478 e. The number of carbonyl (C=O) groups is 1. The van der Waals surface area contributed by atoms with E-state index in [-0.39, 0.29) is 17.1 Å². The molecule has 0 heterocycles. The number of halogens is 1. The fourth-order valence-electron chi connectivity index (χ4n) is 1.18. The van der Waals surface area contributed by atoms with E-state index in [1.54, 1.807) is 0 Å². The maximum Gasteiger partial charge on any atom is 0.338 e. The summed E-state index contributed by atoms with van der Waals surface area (Å²) in [6, 6.07) is 3.28. The van der Waals surface area contributed by atoms with Gasteiger partial charge in [-0.15, -0.1) is 0 Å². The number of hydrogen-bond acceptors (Lipinski definition) is 3. The second kappa shape index (κ2) is 4.61. The normalized spacial score (nSPS) is 11.4. The fourth-order valence-corrected chi connectivity index (χ4v) is 2.07. The van der Waals surface area contributed by atoms with E-state index in [1.807, 2.05) is 0 Å². The van der Waals surface area contributed by atoms with Crippen LogP contribution in [0.3, 0.4) is 0 Å². The molecule has 0 aliphatic rings. The molecule has 0 bridgehead atoms. The summed E-state index contributed by atoms with van der Waals surface area (Å²) in [4.78, 5) is 10.6. The van der Waals surface area contributed by atoms with Gasteiger partial charge in [-0.3, -0.25) is 0 Å². The Labute approximate surface area is 92.6 Å².